The Morgan fingerprint density at radius 2 is 1.59 bits per heavy atom. The monoisotopic (exact) mass is 480 g/mol. The van der Waals surface area contributed by atoms with Crippen LogP contribution < -0.4 is 5.32 Å². The maximum atomic E-state index is 13.1. The van der Waals surface area contributed by atoms with Crippen molar-refractivity contribution in [1.29, 1.82) is 0 Å². The first-order chi connectivity index (χ1) is 16.1. The number of ether oxygens (including phenoxy) is 1. The highest BCUT2D eigenvalue weighted by Crippen LogP contribution is 2.44. The van der Waals surface area contributed by atoms with Crippen LogP contribution in [0.4, 0.5) is 18.0 Å². The molecule has 0 radical (unpaired) electrons. The summed E-state index contributed by atoms with van der Waals surface area (Å²) < 4.78 is 44.4. The minimum Gasteiger partial charge on any atom is -0.480 e. The highest BCUT2D eigenvalue weighted by Gasteiger charge is 2.39. The summed E-state index contributed by atoms with van der Waals surface area (Å²) in [6.07, 6.45) is -7.80. The fourth-order valence-electron chi connectivity index (χ4n) is 3.99. The molecule has 1 unspecified atom stereocenters. The number of nitrogens with zero attached hydrogens (tertiary/aromatic N) is 1. The number of fused-ring (bicyclic) bond motifs is 3. The molecular weight excluding hydrogens is 457 g/mol. The summed E-state index contributed by atoms with van der Waals surface area (Å²) in [4.78, 5) is 36.4. The number of hydrogen-bond donors (Lipinski definition) is 3. The molecule has 2 aromatic rings. The lowest BCUT2D eigenvalue weighted by Crippen LogP contribution is -2.52. The Morgan fingerprint density at radius 1 is 1.03 bits per heavy atom. The number of hydrogen-bond acceptors (Lipinski definition) is 5. The van der Waals surface area contributed by atoms with Gasteiger partial charge in [-0.3, -0.25) is 9.59 Å². The van der Waals surface area contributed by atoms with Gasteiger partial charge in [0, 0.05) is 12.5 Å². The van der Waals surface area contributed by atoms with Gasteiger partial charge in [0.05, 0.1) is 13.0 Å². The molecule has 0 heterocycles. The molecule has 1 aliphatic rings. The van der Waals surface area contributed by atoms with Gasteiger partial charge < -0.3 is 25.2 Å². The zero-order valence-electron chi connectivity index (χ0n) is 17.9. The Morgan fingerprint density at radius 3 is 2.09 bits per heavy atom. The van der Waals surface area contributed by atoms with E-state index in [1.807, 2.05) is 53.8 Å². The van der Waals surface area contributed by atoms with E-state index in [1.165, 1.54) is 0 Å². The van der Waals surface area contributed by atoms with Crippen molar-refractivity contribution in [2.24, 2.45) is 0 Å². The number of aliphatic carboxylic acids is 1. The van der Waals surface area contributed by atoms with Gasteiger partial charge in [0.25, 0.3) is 0 Å². The van der Waals surface area contributed by atoms with Gasteiger partial charge in [0.15, 0.2) is 0 Å². The van der Waals surface area contributed by atoms with Gasteiger partial charge in [-0.1, -0.05) is 48.5 Å². The van der Waals surface area contributed by atoms with E-state index < -0.39 is 56.3 Å². The molecule has 0 aliphatic heterocycles. The zero-order valence-corrected chi connectivity index (χ0v) is 17.9. The average molecular weight is 480 g/mol. The zero-order chi connectivity index (χ0) is 24.9. The first-order valence-electron chi connectivity index (χ1n) is 10.4. The predicted octanol–water partition coefficient (Wildman–Crippen LogP) is 2.75. The van der Waals surface area contributed by atoms with E-state index in [2.05, 4.69) is 0 Å². The van der Waals surface area contributed by atoms with Crippen molar-refractivity contribution in [3.8, 4) is 11.1 Å². The number of benzene rings is 2. The Hall–Kier alpha value is -3.60. The van der Waals surface area contributed by atoms with Crippen molar-refractivity contribution in [3.05, 3.63) is 59.7 Å². The second-order valence-electron chi connectivity index (χ2n) is 7.72. The minimum atomic E-state index is -4.83. The quantitative estimate of drug-likeness (QED) is 0.508. The number of amides is 2. The number of rotatable bonds is 9. The van der Waals surface area contributed by atoms with E-state index >= 15 is 0 Å². The topological polar surface area (TPSA) is 116 Å². The van der Waals surface area contributed by atoms with Crippen molar-refractivity contribution in [2.75, 3.05) is 26.3 Å². The number of nitrogens with one attached hydrogen (secondary N) is 1. The molecule has 34 heavy (non-hydrogen) atoms. The lowest BCUT2D eigenvalue weighted by Gasteiger charge is -2.26. The van der Waals surface area contributed by atoms with E-state index in [0.717, 1.165) is 22.3 Å². The SMILES string of the molecule is O=C(O)CN(CCO)C(=O)C(CC(F)(F)F)NC(=O)OCC1c2ccccc2-c2ccccc21. The summed E-state index contributed by atoms with van der Waals surface area (Å²) in [5, 5.41) is 19.9. The summed E-state index contributed by atoms with van der Waals surface area (Å²) in [5.74, 6) is -3.11. The minimum absolute atomic E-state index is 0.178. The van der Waals surface area contributed by atoms with Gasteiger partial charge in [-0.25, -0.2) is 4.79 Å². The van der Waals surface area contributed by atoms with E-state index in [0.29, 0.717) is 4.90 Å². The summed E-state index contributed by atoms with van der Waals surface area (Å²) >= 11 is 0. The summed E-state index contributed by atoms with van der Waals surface area (Å²) in [6.45, 7) is -2.28. The van der Waals surface area contributed by atoms with Crippen LogP contribution in [0, 0.1) is 0 Å². The van der Waals surface area contributed by atoms with Gasteiger partial charge in [0.2, 0.25) is 5.91 Å². The number of aliphatic hydroxyl groups excluding tert-OH is 1. The van der Waals surface area contributed by atoms with Crippen LogP contribution in [-0.4, -0.2) is 71.6 Å². The molecule has 1 atom stereocenters. The van der Waals surface area contributed by atoms with Gasteiger partial charge in [0.1, 0.15) is 19.2 Å². The molecule has 11 heteroatoms. The third-order valence-electron chi connectivity index (χ3n) is 5.38. The number of alkyl carbamates (subject to hydrolysis) is 1. The maximum absolute atomic E-state index is 13.1. The molecule has 2 aromatic carbocycles. The number of carbonyl (C=O) groups is 3. The van der Waals surface area contributed by atoms with Crippen molar-refractivity contribution >= 4 is 18.0 Å². The third-order valence-corrected chi connectivity index (χ3v) is 5.38. The Kier molecular flexibility index (Phi) is 7.77. The first-order valence-corrected chi connectivity index (χ1v) is 10.4. The molecule has 2 amide bonds. The lowest BCUT2D eigenvalue weighted by atomic mass is 9.98. The number of carbonyl (C=O) groups excluding carboxylic acids is 2. The van der Waals surface area contributed by atoms with Crippen LogP contribution in [0.3, 0.4) is 0 Å². The largest absolute Gasteiger partial charge is 0.480 e. The standard InChI is InChI=1S/C23H23F3N2O6/c24-23(25,26)11-19(21(32)28(9-10-29)12-20(30)31)27-22(33)34-13-18-16-7-3-1-5-14(16)15-6-2-4-8-17(15)18/h1-8,18-19,29H,9-13H2,(H,27,33)(H,30,31). The Labute approximate surface area is 192 Å². The van der Waals surface area contributed by atoms with E-state index in [9.17, 15) is 27.6 Å². The van der Waals surface area contributed by atoms with Crippen LogP contribution in [0.5, 0.6) is 0 Å². The van der Waals surface area contributed by atoms with Crippen molar-refractivity contribution < 1.29 is 42.5 Å². The van der Waals surface area contributed by atoms with Crippen LogP contribution in [0.1, 0.15) is 23.5 Å². The molecule has 1 aliphatic carbocycles. The van der Waals surface area contributed by atoms with Gasteiger partial charge >= 0.3 is 18.2 Å². The number of aliphatic hydroxyl groups is 1. The molecule has 0 spiro atoms. The normalized spacial score (nSPS) is 13.5. The predicted molar refractivity (Wildman–Crippen MR) is 114 cm³/mol. The Balaban J connectivity index is 1.72. The second kappa shape index (κ2) is 10.6. The second-order valence-corrected chi connectivity index (χ2v) is 7.72. The molecule has 0 bridgehead atoms. The van der Waals surface area contributed by atoms with E-state index in [4.69, 9.17) is 14.9 Å². The lowest BCUT2D eigenvalue weighted by molar-refractivity contribution is -0.156. The van der Waals surface area contributed by atoms with Gasteiger partial charge in [-0.15, -0.1) is 0 Å². The summed E-state index contributed by atoms with van der Waals surface area (Å²) in [6, 6.07) is 12.9. The maximum Gasteiger partial charge on any atom is 0.407 e. The van der Waals surface area contributed by atoms with Crippen molar-refractivity contribution in [1.82, 2.24) is 10.2 Å². The molecule has 0 saturated carbocycles. The fourth-order valence-corrected chi connectivity index (χ4v) is 3.99. The van der Waals surface area contributed by atoms with E-state index in [-0.39, 0.29) is 12.5 Å². The van der Waals surface area contributed by atoms with Crippen LogP contribution in [0.25, 0.3) is 11.1 Å². The number of carboxylic acids is 1. The highest BCUT2D eigenvalue weighted by molar-refractivity contribution is 5.88. The molecular formula is C23H23F3N2O6. The van der Waals surface area contributed by atoms with Gasteiger partial charge in [-0.2, -0.15) is 13.2 Å². The smallest absolute Gasteiger partial charge is 0.407 e. The van der Waals surface area contributed by atoms with Gasteiger partial charge in [-0.05, 0) is 22.3 Å². The third kappa shape index (κ3) is 6.04. The van der Waals surface area contributed by atoms with Crippen LogP contribution in [0.2, 0.25) is 0 Å². The first kappa shape index (κ1) is 25.0. The molecule has 0 fully saturated rings. The van der Waals surface area contributed by atoms with Crippen molar-refractivity contribution in [2.45, 2.75) is 24.6 Å². The molecule has 3 rings (SSSR count). The summed E-state index contributed by atoms with van der Waals surface area (Å²) in [5.41, 5.74) is 3.72. The molecule has 0 saturated heterocycles. The number of alkyl halides is 3. The molecule has 3 N–H and O–H groups in total. The van der Waals surface area contributed by atoms with Crippen LogP contribution >= 0.6 is 0 Å². The Bertz CT molecular complexity index is 1010. The fraction of sp³-hybridized carbons (Fsp3) is 0.348. The van der Waals surface area contributed by atoms with Crippen LogP contribution in [-0.2, 0) is 14.3 Å². The number of halogens is 3. The highest BCUT2D eigenvalue weighted by atomic mass is 19.4. The average Bonchev–Trinajstić information content (AvgIpc) is 3.09. The number of carboxylic acid groups (broad SMARTS) is 1. The van der Waals surface area contributed by atoms with Crippen LogP contribution in [0.15, 0.2) is 48.5 Å². The molecule has 8 nitrogen and oxygen atoms in total. The molecule has 182 valence electrons. The molecule has 0 aromatic heterocycles. The van der Waals surface area contributed by atoms with Crippen molar-refractivity contribution in [3.63, 3.8) is 0 Å². The van der Waals surface area contributed by atoms with E-state index in [1.54, 1.807) is 0 Å². The summed E-state index contributed by atoms with van der Waals surface area (Å²) in [7, 11) is 0.